The van der Waals surface area contributed by atoms with Gasteiger partial charge < -0.3 is 19.9 Å². The Hall–Kier alpha value is -5.19. The lowest BCUT2D eigenvalue weighted by molar-refractivity contribution is 0.102. The van der Waals surface area contributed by atoms with Crippen molar-refractivity contribution in [3.05, 3.63) is 78.0 Å². The molecule has 5 aromatic rings. The van der Waals surface area contributed by atoms with Gasteiger partial charge in [-0.05, 0) is 67.6 Å². The van der Waals surface area contributed by atoms with E-state index in [1.54, 1.807) is 67.3 Å². The lowest BCUT2D eigenvalue weighted by Gasteiger charge is -2.11. The van der Waals surface area contributed by atoms with Gasteiger partial charge in [-0.1, -0.05) is 0 Å². The number of nitrogens with zero attached hydrogens (tertiary/aromatic N) is 5. The molecule has 11 heteroatoms. The quantitative estimate of drug-likeness (QED) is 0.257. The number of rotatable bonds is 7. The molecule has 3 N–H and O–H groups in total. The summed E-state index contributed by atoms with van der Waals surface area (Å²) in [4.78, 5) is 13.1. The number of fused-ring (bicyclic) bond motifs is 1. The van der Waals surface area contributed by atoms with Crippen molar-refractivity contribution in [2.24, 2.45) is 10.2 Å². The number of azo groups is 1. The van der Waals surface area contributed by atoms with Crippen LogP contribution in [0, 0.1) is 6.92 Å². The summed E-state index contributed by atoms with van der Waals surface area (Å²) in [5.41, 5.74) is 3.74. The molecule has 0 bridgehead atoms. The smallest absolute Gasteiger partial charge is 0.259 e. The molecule has 0 spiro atoms. The number of aryl methyl sites for hydroxylation is 1. The van der Waals surface area contributed by atoms with Gasteiger partial charge in [-0.15, -0.1) is 0 Å². The number of methoxy groups -OCH3 is 2. The molecule has 0 unspecified atom stereocenters. The van der Waals surface area contributed by atoms with Gasteiger partial charge in [0.25, 0.3) is 5.91 Å². The Labute approximate surface area is 211 Å². The second kappa shape index (κ2) is 9.82. The number of H-pyrrole nitrogens is 1. The SMILES string of the molecule is COc1ccc(N=Nc2ccc(O)c(C(=O)Nc3ccc(OC)c(-c4n[nH]c5cc(C)nn45)c3)c2)cc1. The lowest BCUT2D eigenvalue weighted by atomic mass is 10.1. The molecule has 0 atom stereocenters. The fraction of sp³-hybridized carbons (Fsp3) is 0.115. The number of hydrogen-bond acceptors (Lipinski definition) is 8. The van der Waals surface area contributed by atoms with Crippen molar-refractivity contribution < 1.29 is 19.4 Å². The van der Waals surface area contributed by atoms with E-state index in [4.69, 9.17) is 9.47 Å². The molecule has 0 aliphatic carbocycles. The third-order valence-electron chi connectivity index (χ3n) is 5.58. The van der Waals surface area contributed by atoms with Gasteiger partial charge in [0.15, 0.2) is 11.5 Å². The van der Waals surface area contributed by atoms with Crippen LogP contribution >= 0.6 is 0 Å². The topological polar surface area (TPSA) is 138 Å². The number of aromatic amines is 1. The molecule has 2 aromatic heterocycles. The molecule has 186 valence electrons. The van der Waals surface area contributed by atoms with Crippen molar-refractivity contribution in [3.63, 3.8) is 0 Å². The zero-order valence-corrected chi connectivity index (χ0v) is 20.3. The summed E-state index contributed by atoms with van der Waals surface area (Å²) >= 11 is 0. The molecule has 0 radical (unpaired) electrons. The van der Waals surface area contributed by atoms with Crippen LogP contribution < -0.4 is 14.8 Å². The highest BCUT2D eigenvalue weighted by Crippen LogP contribution is 2.33. The summed E-state index contributed by atoms with van der Waals surface area (Å²) in [5.74, 6) is 1.09. The predicted octanol–water partition coefficient (Wildman–Crippen LogP) is 5.42. The minimum Gasteiger partial charge on any atom is -0.507 e. The normalized spacial score (nSPS) is 11.2. The third-order valence-corrected chi connectivity index (χ3v) is 5.58. The summed E-state index contributed by atoms with van der Waals surface area (Å²) in [6.45, 7) is 1.88. The van der Waals surface area contributed by atoms with E-state index in [1.165, 1.54) is 12.1 Å². The number of aromatic hydroxyl groups is 1. The number of aromatic nitrogens is 4. The summed E-state index contributed by atoms with van der Waals surface area (Å²) < 4.78 is 12.3. The van der Waals surface area contributed by atoms with Crippen LogP contribution in [-0.2, 0) is 0 Å². The first-order valence-corrected chi connectivity index (χ1v) is 11.2. The minimum absolute atomic E-state index is 0.0495. The Bertz CT molecular complexity index is 1620. The molecule has 0 aliphatic heterocycles. The van der Waals surface area contributed by atoms with E-state index >= 15 is 0 Å². The number of carbonyl (C=O) groups is 1. The average molecular weight is 498 g/mol. The van der Waals surface area contributed by atoms with Gasteiger partial charge in [-0.3, -0.25) is 9.89 Å². The van der Waals surface area contributed by atoms with Gasteiger partial charge >= 0.3 is 0 Å². The largest absolute Gasteiger partial charge is 0.507 e. The highest BCUT2D eigenvalue weighted by Gasteiger charge is 2.18. The highest BCUT2D eigenvalue weighted by atomic mass is 16.5. The van der Waals surface area contributed by atoms with E-state index in [9.17, 15) is 9.90 Å². The molecule has 11 nitrogen and oxygen atoms in total. The maximum atomic E-state index is 13.1. The fourth-order valence-corrected chi connectivity index (χ4v) is 3.76. The van der Waals surface area contributed by atoms with Crippen molar-refractivity contribution >= 4 is 28.6 Å². The number of phenols is 1. The van der Waals surface area contributed by atoms with E-state index < -0.39 is 5.91 Å². The molecule has 0 aliphatic rings. The number of benzene rings is 3. The van der Waals surface area contributed by atoms with Gasteiger partial charge in [0.05, 0.1) is 42.4 Å². The average Bonchev–Trinajstić information content (AvgIpc) is 3.47. The van der Waals surface area contributed by atoms with Crippen LogP contribution in [0.1, 0.15) is 16.1 Å². The maximum Gasteiger partial charge on any atom is 0.259 e. The van der Waals surface area contributed by atoms with E-state index in [2.05, 4.69) is 30.8 Å². The zero-order chi connectivity index (χ0) is 25.9. The number of phenolic OH excluding ortho intramolecular Hbond substituents is 1. The Kier molecular flexibility index (Phi) is 6.25. The summed E-state index contributed by atoms with van der Waals surface area (Å²) in [7, 11) is 3.14. The van der Waals surface area contributed by atoms with Crippen LogP contribution in [-0.4, -0.2) is 45.0 Å². The zero-order valence-electron chi connectivity index (χ0n) is 20.3. The van der Waals surface area contributed by atoms with Crippen molar-refractivity contribution in [1.82, 2.24) is 19.8 Å². The summed E-state index contributed by atoms with van der Waals surface area (Å²) in [5, 5.41) is 33.2. The van der Waals surface area contributed by atoms with Crippen molar-refractivity contribution in [2.45, 2.75) is 6.92 Å². The van der Waals surface area contributed by atoms with Gasteiger partial charge in [0.2, 0.25) is 0 Å². The third kappa shape index (κ3) is 4.82. The van der Waals surface area contributed by atoms with Crippen LogP contribution in [0.2, 0.25) is 0 Å². The van der Waals surface area contributed by atoms with Crippen LogP contribution in [0.15, 0.2) is 77.0 Å². The molecular weight excluding hydrogens is 474 g/mol. The number of nitrogens with one attached hydrogen (secondary N) is 2. The molecule has 1 amide bonds. The standard InChI is InChI=1S/C26H23N7O4/c1-15-12-24-30-31-25(33(24)32-15)21-13-17(7-11-23(21)37-3)27-26(35)20-14-18(6-10-22(20)34)29-28-16-4-8-19(36-2)9-5-16/h4-14,30,34H,1-3H3,(H,27,35). The van der Waals surface area contributed by atoms with Crippen LogP contribution in [0.4, 0.5) is 17.1 Å². The van der Waals surface area contributed by atoms with Gasteiger partial charge in [-0.2, -0.15) is 24.9 Å². The molecule has 0 saturated carbocycles. The number of hydrogen-bond donors (Lipinski definition) is 3. The number of anilines is 1. The molecule has 2 heterocycles. The minimum atomic E-state index is -0.516. The van der Waals surface area contributed by atoms with Gasteiger partial charge in [0, 0.05) is 11.8 Å². The number of ether oxygens (including phenoxy) is 2. The van der Waals surface area contributed by atoms with E-state index in [-0.39, 0.29) is 11.3 Å². The second-order valence-corrected chi connectivity index (χ2v) is 8.10. The first-order chi connectivity index (χ1) is 17.9. The second-order valence-electron chi connectivity index (χ2n) is 8.10. The van der Waals surface area contributed by atoms with Gasteiger partial charge in [0.1, 0.15) is 17.2 Å². The Balaban J connectivity index is 1.40. The Morgan fingerprint density at radius 1 is 0.973 bits per heavy atom. The highest BCUT2D eigenvalue weighted by molar-refractivity contribution is 6.07. The van der Waals surface area contributed by atoms with Crippen LogP contribution in [0.5, 0.6) is 17.2 Å². The monoisotopic (exact) mass is 497 g/mol. The maximum absolute atomic E-state index is 13.1. The lowest BCUT2D eigenvalue weighted by Crippen LogP contribution is -2.12. The molecule has 37 heavy (non-hydrogen) atoms. The van der Waals surface area contributed by atoms with Crippen LogP contribution in [0.3, 0.4) is 0 Å². The van der Waals surface area contributed by atoms with Crippen LogP contribution in [0.25, 0.3) is 17.0 Å². The molecule has 0 saturated heterocycles. The number of amides is 1. The Morgan fingerprint density at radius 2 is 1.73 bits per heavy atom. The molecular formula is C26H23N7O4. The number of carbonyl (C=O) groups excluding carboxylic acids is 1. The first-order valence-electron chi connectivity index (χ1n) is 11.2. The van der Waals surface area contributed by atoms with Crippen molar-refractivity contribution in [1.29, 1.82) is 0 Å². The summed E-state index contributed by atoms with van der Waals surface area (Å²) in [6.07, 6.45) is 0. The van der Waals surface area contributed by atoms with Gasteiger partial charge in [-0.25, -0.2) is 0 Å². The van der Waals surface area contributed by atoms with Crippen molar-refractivity contribution in [2.75, 3.05) is 19.5 Å². The fourth-order valence-electron chi connectivity index (χ4n) is 3.76. The van der Waals surface area contributed by atoms with E-state index in [1.807, 2.05) is 13.0 Å². The molecule has 0 fully saturated rings. The van der Waals surface area contributed by atoms with E-state index in [0.29, 0.717) is 39.9 Å². The summed E-state index contributed by atoms with van der Waals surface area (Å²) in [6, 6.07) is 18.5. The molecule has 5 rings (SSSR count). The van der Waals surface area contributed by atoms with E-state index in [0.717, 1.165) is 11.3 Å². The predicted molar refractivity (Wildman–Crippen MR) is 137 cm³/mol. The molecule has 3 aromatic carbocycles. The Morgan fingerprint density at radius 3 is 2.49 bits per heavy atom. The van der Waals surface area contributed by atoms with Crippen molar-refractivity contribution in [3.8, 4) is 28.6 Å². The first kappa shape index (κ1) is 23.5.